The predicted octanol–water partition coefficient (Wildman–Crippen LogP) is 7.44. The summed E-state index contributed by atoms with van der Waals surface area (Å²) in [4.78, 5) is 0. The zero-order valence-electron chi connectivity index (χ0n) is 27.0. The second-order valence-electron chi connectivity index (χ2n) is 12.2. The lowest BCUT2D eigenvalue weighted by molar-refractivity contribution is 1.17. The van der Waals surface area contributed by atoms with Crippen LogP contribution in [0.1, 0.15) is 16.7 Å². The summed E-state index contributed by atoms with van der Waals surface area (Å²) in [6.07, 6.45) is 0. The highest BCUT2D eigenvalue weighted by atomic mass is 28.3. The molecule has 0 unspecified atom stereocenters. The topological polar surface area (TPSA) is 76.3 Å². The third kappa shape index (κ3) is 4.72. The summed E-state index contributed by atoms with van der Waals surface area (Å²) < 4.78 is 2.15. The second kappa shape index (κ2) is 12.6. The molecule has 0 atom stereocenters. The van der Waals surface area contributed by atoms with Crippen molar-refractivity contribution in [2.45, 2.75) is 0 Å². The first-order valence-corrected chi connectivity index (χ1v) is 18.4. The van der Waals surface area contributed by atoms with Crippen LogP contribution in [0.15, 0.2) is 170 Å². The van der Waals surface area contributed by atoms with Crippen LogP contribution in [0.5, 0.6) is 0 Å². The SMILES string of the molecule is N#Cc1ccc([Si](c2ccccc2)(c2ccccc2)c2ccccc2)c(-c2cccc(C#N)c2-n2c3ccccc3c3cc(C#N)ccc32)c1. The van der Waals surface area contributed by atoms with Crippen molar-refractivity contribution < 1.29 is 0 Å². The maximum atomic E-state index is 10.7. The molecule has 0 aliphatic rings. The Morgan fingerprint density at radius 1 is 0.420 bits per heavy atom. The van der Waals surface area contributed by atoms with Crippen LogP contribution in [0, 0.1) is 34.0 Å². The van der Waals surface area contributed by atoms with Gasteiger partial charge in [-0.3, -0.25) is 0 Å². The highest BCUT2D eigenvalue weighted by Gasteiger charge is 2.43. The Morgan fingerprint density at radius 2 is 0.960 bits per heavy atom. The van der Waals surface area contributed by atoms with E-state index in [1.165, 1.54) is 15.6 Å². The van der Waals surface area contributed by atoms with Gasteiger partial charge in [0.1, 0.15) is 6.07 Å². The molecule has 5 heteroatoms. The lowest BCUT2D eigenvalue weighted by atomic mass is 9.98. The number of hydrogen-bond donors (Lipinski definition) is 0. The quantitative estimate of drug-likeness (QED) is 0.138. The van der Waals surface area contributed by atoms with Gasteiger partial charge in [-0.2, -0.15) is 15.8 Å². The number of fused-ring (bicyclic) bond motifs is 3. The maximum absolute atomic E-state index is 10.7. The van der Waals surface area contributed by atoms with Gasteiger partial charge >= 0.3 is 0 Å². The number of hydrogen-bond acceptors (Lipinski definition) is 3. The Hall–Kier alpha value is -6.97. The Morgan fingerprint density at radius 3 is 1.56 bits per heavy atom. The molecule has 1 aromatic heterocycles. The van der Waals surface area contributed by atoms with E-state index < -0.39 is 8.07 Å². The first-order valence-electron chi connectivity index (χ1n) is 16.4. The molecule has 0 N–H and O–H groups in total. The Bertz CT molecular complexity index is 2580. The van der Waals surface area contributed by atoms with E-state index in [0.29, 0.717) is 16.7 Å². The number of rotatable bonds is 6. The third-order valence-electron chi connectivity index (χ3n) is 9.65. The highest BCUT2D eigenvalue weighted by molar-refractivity contribution is 7.20. The molecular formula is C45H28N4Si. The summed E-state index contributed by atoms with van der Waals surface area (Å²) in [6, 6.07) is 65.0. The van der Waals surface area contributed by atoms with Crippen molar-refractivity contribution in [3.63, 3.8) is 0 Å². The molecule has 232 valence electrons. The first kappa shape index (κ1) is 30.4. The zero-order valence-corrected chi connectivity index (χ0v) is 28.0. The fourth-order valence-electron chi connectivity index (χ4n) is 7.57. The number of aromatic nitrogens is 1. The molecule has 50 heavy (non-hydrogen) atoms. The molecule has 0 spiro atoms. The smallest absolute Gasteiger partial charge is 0.180 e. The molecule has 0 aliphatic heterocycles. The average molecular weight is 653 g/mol. The van der Waals surface area contributed by atoms with E-state index in [-0.39, 0.29) is 0 Å². The van der Waals surface area contributed by atoms with Crippen LogP contribution in [0.25, 0.3) is 38.6 Å². The van der Waals surface area contributed by atoms with Gasteiger partial charge in [0.25, 0.3) is 0 Å². The minimum Gasteiger partial charge on any atom is -0.307 e. The van der Waals surface area contributed by atoms with E-state index >= 15 is 0 Å². The molecule has 0 saturated heterocycles. The van der Waals surface area contributed by atoms with Gasteiger partial charge in [-0.25, -0.2) is 0 Å². The van der Waals surface area contributed by atoms with E-state index in [1.807, 2.05) is 72.8 Å². The molecule has 0 aliphatic carbocycles. The Kier molecular flexibility index (Phi) is 7.63. The molecule has 0 fully saturated rings. The number of benzene rings is 7. The van der Waals surface area contributed by atoms with Crippen molar-refractivity contribution in [1.29, 1.82) is 15.8 Å². The van der Waals surface area contributed by atoms with Gasteiger partial charge in [-0.05, 0) is 68.8 Å². The summed E-state index contributed by atoms with van der Waals surface area (Å²) in [7, 11) is -3.06. The monoisotopic (exact) mass is 652 g/mol. The van der Waals surface area contributed by atoms with Gasteiger partial charge in [-0.15, -0.1) is 0 Å². The molecule has 7 aromatic carbocycles. The summed E-state index contributed by atoms with van der Waals surface area (Å²) in [5, 5.41) is 37.5. The van der Waals surface area contributed by atoms with Crippen LogP contribution in [0.3, 0.4) is 0 Å². The van der Waals surface area contributed by atoms with E-state index in [4.69, 9.17) is 0 Å². The number of nitriles is 3. The van der Waals surface area contributed by atoms with Crippen LogP contribution in [0.2, 0.25) is 0 Å². The summed E-state index contributed by atoms with van der Waals surface area (Å²) in [6.45, 7) is 0. The number of nitrogens with zero attached hydrogens (tertiary/aromatic N) is 4. The summed E-state index contributed by atoms with van der Waals surface area (Å²) in [5.74, 6) is 0. The van der Waals surface area contributed by atoms with Crippen LogP contribution in [-0.4, -0.2) is 12.6 Å². The highest BCUT2D eigenvalue weighted by Crippen LogP contribution is 2.38. The van der Waals surface area contributed by atoms with Crippen molar-refractivity contribution in [3.05, 3.63) is 187 Å². The second-order valence-corrected chi connectivity index (χ2v) is 16.0. The van der Waals surface area contributed by atoms with Crippen LogP contribution in [0.4, 0.5) is 0 Å². The maximum Gasteiger partial charge on any atom is 0.180 e. The fourth-order valence-corrected chi connectivity index (χ4v) is 12.5. The van der Waals surface area contributed by atoms with Gasteiger partial charge in [0.15, 0.2) is 8.07 Å². The Labute approximate surface area is 291 Å². The van der Waals surface area contributed by atoms with Crippen molar-refractivity contribution in [2.75, 3.05) is 0 Å². The third-order valence-corrected chi connectivity index (χ3v) is 14.5. The minimum atomic E-state index is -3.06. The molecule has 0 amide bonds. The molecule has 0 saturated carbocycles. The minimum absolute atomic E-state index is 0.509. The van der Waals surface area contributed by atoms with Crippen molar-refractivity contribution in [3.8, 4) is 35.0 Å². The molecule has 4 nitrogen and oxygen atoms in total. The van der Waals surface area contributed by atoms with Gasteiger partial charge in [-0.1, -0.05) is 127 Å². The van der Waals surface area contributed by atoms with Crippen LogP contribution < -0.4 is 20.7 Å². The standard InChI is InChI=1S/C45H28N4Si/c46-29-32-23-25-43-40(27-32)38-20-10-11-22-42(38)49(43)45-34(31-48)13-12-21-39(45)41-28-33(30-47)24-26-44(41)50(35-14-4-1-5-15-35,36-16-6-2-7-17-36)37-18-8-3-9-19-37/h1-28H. The van der Waals surface area contributed by atoms with Gasteiger partial charge < -0.3 is 4.57 Å². The summed E-state index contributed by atoms with van der Waals surface area (Å²) >= 11 is 0. The van der Waals surface area contributed by atoms with E-state index in [0.717, 1.165) is 43.8 Å². The van der Waals surface area contributed by atoms with Gasteiger partial charge in [0.05, 0.1) is 45.5 Å². The fraction of sp³-hybridized carbons (Fsp3) is 0. The van der Waals surface area contributed by atoms with Crippen LogP contribution in [-0.2, 0) is 0 Å². The lowest BCUT2D eigenvalue weighted by Crippen LogP contribution is -2.75. The molecule has 0 bridgehead atoms. The van der Waals surface area contributed by atoms with E-state index in [2.05, 4.69) is 120 Å². The van der Waals surface area contributed by atoms with Gasteiger partial charge in [0.2, 0.25) is 0 Å². The van der Waals surface area contributed by atoms with E-state index in [9.17, 15) is 15.8 Å². The zero-order chi connectivity index (χ0) is 34.1. The Balaban J connectivity index is 1.56. The summed E-state index contributed by atoms with van der Waals surface area (Å²) in [5.41, 5.74) is 5.93. The normalized spacial score (nSPS) is 11.1. The first-order chi connectivity index (χ1) is 24.7. The lowest BCUT2D eigenvalue weighted by Gasteiger charge is -2.36. The molecule has 8 aromatic rings. The molecular weight excluding hydrogens is 625 g/mol. The van der Waals surface area contributed by atoms with Gasteiger partial charge in [0, 0.05) is 16.3 Å². The van der Waals surface area contributed by atoms with E-state index in [1.54, 1.807) is 0 Å². The van der Waals surface area contributed by atoms with Crippen molar-refractivity contribution in [1.82, 2.24) is 4.57 Å². The number of para-hydroxylation sites is 2. The molecule has 0 radical (unpaired) electrons. The predicted molar refractivity (Wildman–Crippen MR) is 204 cm³/mol. The van der Waals surface area contributed by atoms with Crippen molar-refractivity contribution in [2.24, 2.45) is 0 Å². The van der Waals surface area contributed by atoms with Crippen molar-refractivity contribution >= 4 is 50.6 Å². The molecule has 8 rings (SSSR count). The largest absolute Gasteiger partial charge is 0.307 e. The average Bonchev–Trinajstić information content (AvgIpc) is 3.52. The van der Waals surface area contributed by atoms with Crippen LogP contribution >= 0.6 is 0 Å². The molecule has 1 heterocycles.